The summed E-state index contributed by atoms with van der Waals surface area (Å²) in [5.74, 6) is 1.14. The standard InChI is InChI=1S/C14H10BrNO3/c15-10-2-3-11(16-8-10)14(17)9-1-4-12-13(7-9)19-6-5-18-12/h1-4,7-8H,5-6H2. The minimum Gasteiger partial charge on any atom is -0.486 e. The van der Waals surface area contributed by atoms with Crippen LogP contribution in [0.5, 0.6) is 11.5 Å². The van der Waals surface area contributed by atoms with E-state index in [4.69, 9.17) is 9.47 Å². The first-order chi connectivity index (χ1) is 9.24. The summed E-state index contributed by atoms with van der Waals surface area (Å²) < 4.78 is 11.7. The quantitative estimate of drug-likeness (QED) is 0.799. The smallest absolute Gasteiger partial charge is 0.211 e. The van der Waals surface area contributed by atoms with E-state index in [0.29, 0.717) is 36.0 Å². The molecule has 19 heavy (non-hydrogen) atoms. The molecule has 0 fully saturated rings. The summed E-state index contributed by atoms with van der Waals surface area (Å²) in [6, 6.07) is 8.64. The van der Waals surface area contributed by atoms with Crippen LogP contribution >= 0.6 is 15.9 Å². The third-order valence-corrected chi connectivity index (χ3v) is 3.23. The maximum Gasteiger partial charge on any atom is 0.211 e. The van der Waals surface area contributed by atoms with Gasteiger partial charge < -0.3 is 9.47 Å². The van der Waals surface area contributed by atoms with Crippen LogP contribution in [0.1, 0.15) is 16.1 Å². The van der Waals surface area contributed by atoms with Crippen LogP contribution in [-0.2, 0) is 0 Å². The summed E-state index contributed by atoms with van der Waals surface area (Å²) in [5, 5.41) is 0. The van der Waals surface area contributed by atoms with Crippen LogP contribution in [0.3, 0.4) is 0 Å². The average Bonchev–Trinajstić information content (AvgIpc) is 2.47. The van der Waals surface area contributed by atoms with Crippen molar-refractivity contribution in [2.75, 3.05) is 13.2 Å². The molecule has 3 rings (SSSR count). The van der Waals surface area contributed by atoms with Crippen molar-refractivity contribution in [2.45, 2.75) is 0 Å². The number of fused-ring (bicyclic) bond motifs is 1. The maximum absolute atomic E-state index is 12.3. The molecule has 0 saturated heterocycles. The molecule has 0 amide bonds. The summed E-state index contributed by atoms with van der Waals surface area (Å²) >= 11 is 3.29. The number of halogens is 1. The molecule has 96 valence electrons. The lowest BCUT2D eigenvalue weighted by Gasteiger charge is -2.18. The number of carbonyl (C=O) groups is 1. The lowest BCUT2D eigenvalue weighted by Crippen LogP contribution is -2.16. The van der Waals surface area contributed by atoms with Gasteiger partial charge in [-0.2, -0.15) is 0 Å². The number of hydrogen-bond acceptors (Lipinski definition) is 4. The molecule has 0 unspecified atom stereocenters. The molecule has 1 aliphatic rings. The van der Waals surface area contributed by atoms with Crippen molar-refractivity contribution in [3.63, 3.8) is 0 Å². The fraction of sp³-hybridized carbons (Fsp3) is 0.143. The number of carbonyl (C=O) groups excluding carboxylic acids is 1. The Morgan fingerprint density at radius 1 is 1.11 bits per heavy atom. The highest BCUT2D eigenvalue weighted by Gasteiger charge is 2.16. The van der Waals surface area contributed by atoms with Crippen molar-refractivity contribution in [1.82, 2.24) is 4.98 Å². The number of rotatable bonds is 2. The van der Waals surface area contributed by atoms with Crippen molar-refractivity contribution < 1.29 is 14.3 Å². The lowest BCUT2D eigenvalue weighted by molar-refractivity contribution is 0.103. The van der Waals surface area contributed by atoms with Gasteiger partial charge in [-0.15, -0.1) is 0 Å². The van der Waals surface area contributed by atoms with Gasteiger partial charge in [0.2, 0.25) is 5.78 Å². The SMILES string of the molecule is O=C(c1ccc2c(c1)OCCO2)c1ccc(Br)cn1. The molecule has 0 bridgehead atoms. The second kappa shape index (κ2) is 5.01. The van der Waals surface area contributed by atoms with Gasteiger partial charge in [-0.3, -0.25) is 9.78 Å². The van der Waals surface area contributed by atoms with Crippen molar-refractivity contribution >= 4 is 21.7 Å². The highest BCUT2D eigenvalue weighted by atomic mass is 79.9. The van der Waals surface area contributed by atoms with Crippen LogP contribution < -0.4 is 9.47 Å². The van der Waals surface area contributed by atoms with Crippen LogP contribution in [0.2, 0.25) is 0 Å². The van der Waals surface area contributed by atoms with E-state index in [2.05, 4.69) is 20.9 Å². The Labute approximate surface area is 118 Å². The van der Waals surface area contributed by atoms with Crippen LogP contribution in [0, 0.1) is 0 Å². The molecule has 5 heteroatoms. The summed E-state index contributed by atoms with van der Waals surface area (Å²) in [7, 11) is 0. The van der Waals surface area contributed by atoms with Crippen LogP contribution in [0.4, 0.5) is 0 Å². The van der Waals surface area contributed by atoms with E-state index in [9.17, 15) is 4.79 Å². The Morgan fingerprint density at radius 3 is 2.63 bits per heavy atom. The molecule has 2 aromatic rings. The first-order valence-electron chi connectivity index (χ1n) is 5.80. The Bertz CT molecular complexity index is 625. The molecule has 2 heterocycles. The molecular weight excluding hydrogens is 310 g/mol. The van der Waals surface area contributed by atoms with Crippen molar-refractivity contribution in [3.05, 3.63) is 52.3 Å². The van der Waals surface area contributed by atoms with Gasteiger partial charge in [0.05, 0.1) is 0 Å². The predicted octanol–water partition coefficient (Wildman–Crippen LogP) is 2.85. The predicted molar refractivity (Wildman–Crippen MR) is 72.8 cm³/mol. The number of aromatic nitrogens is 1. The normalized spacial score (nSPS) is 13.1. The first-order valence-corrected chi connectivity index (χ1v) is 6.59. The zero-order valence-electron chi connectivity index (χ0n) is 9.93. The molecule has 1 aliphatic heterocycles. The number of pyridine rings is 1. The van der Waals surface area contributed by atoms with Crippen molar-refractivity contribution in [1.29, 1.82) is 0 Å². The maximum atomic E-state index is 12.3. The van der Waals surface area contributed by atoms with Gasteiger partial charge in [0.15, 0.2) is 11.5 Å². The fourth-order valence-electron chi connectivity index (χ4n) is 1.84. The summed E-state index contributed by atoms with van der Waals surface area (Å²) in [5.41, 5.74) is 0.943. The minimum absolute atomic E-state index is 0.135. The van der Waals surface area contributed by atoms with E-state index in [1.807, 2.05) is 0 Å². The molecule has 0 saturated carbocycles. The van der Waals surface area contributed by atoms with Gasteiger partial charge in [-0.25, -0.2) is 0 Å². The largest absolute Gasteiger partial charge is 0.486 e. The fourth-order valence-corrected chi connectivity index (χ4v) is 2.08. The molecule has 4 nitrogen and oxygen atoms in total. The van der Waals surface area contributed by atoms with Gasteiger partial charge in [0.25, 0.3) is 0 Å². The molecule has 0 N–H and O–H groups in total. The Balaban J connectivity index is 1.93. The number of ketones is 1. The van der Waals surface area contributed by atoms with Crippen LogP contribution in [0.15, 0.2) is 41.0 Å². The third kappa shape index (κ3) is 2.46. The second-order valence-corrected chi connectivity index (χ2v) is 4.96. The highest BCUT2D eigenvalue weighted by Crippen LogP contribution is 2.31. The average molecular weight is 320 g/mol. The molecular formula is C14H10BrNO3. The zero-order valence-corrected chi connectivity index (χ0v) is 11.5. The van der Waals surface area contributed by atoms with E-state index < -0.39 is 0 Å². The monoisotopic (exact) mass is 319 g/mol. The third-order valence-electron chi connectivity index (χ3n) is 2.76. The molecule has 1 aromatic heterocycles. The lowest BCUT2D eigenvalue weighted by atomic mass is 10.1. The van der Waals surface area contributed by atoms with Crippen molar-refractivity contribution in [2.24, 2.45) is 0 Å². The Morgan fingerprint density at radius 2 is 1.89 bits per heavy atom. The second-order valence-electron chi connectivity index (χ2n) is 4.05. The Kier molecular flexibility index (Phi) is 3.21. The van der Waals surface area contributed by atoms with E-state index in [1.54, 1.807) is 36.5 Å². The van der Waals surface area contributed by atoms with Gasteiger partial charge in [0.1, 0.15) is 18.9 Å². The molecule has 0 aliphatic carbocycles. The van der Waals surface area contributed by atoms with Crippen LogP contribution in [0.25, 0.3) is 0 Å². The van der Waals surface area contributed by atoms with Gasteiger partial charge >= 0.3 is 0 Å². The number of hydrogen-bond donors (Lipinski definition) is 0. The first kappa shape index (κ1) is 12.2. The Hall–Kier alpha value is -1.88. The zero-order chi connectivity index (χ0) is 13.2. The van der Waals surface area contributed by atoms with Gasteiger partial charge in [0, 0.05) is 16.2 Å². The molecule has 0 radical (unpaired) electrons. The minimum atomic E-state index is -0.135. The van der Waals surface area contributed by atoms with Crippen LogP contribution in [-0.4, -0.2) is 24.0 Å². The van der Waals surface area contributed by atoms with Crippen molar-refractivity contribution in [3.8, 4) is 11.5 Å². The number of nitrogens with zero attached hydrogens (tertiary/aromatic N) is 1. The van der Waals surface area contributed by atoms with E-state index in [-0.39, 0.29) is 5.78 Å². The summed E-state index contributed by atoms with van der Waals surface area (Å²) in [4.78, 5) is 16.4. The summed E-state index contributed by atoms with van der Waals surface area (Å²) in [6.07, 6.45) is 1.60. The molecule has 0 spiro atoms. The highest BCUT2D eigenvalue weighted by molar-refractivity contribution is 9.10. The summed E-state index contributed by atoms with van der Waals surface area (Å²) in [6.45, 7) is 1.04. The van der Waals surface area contributed by atoms with Gasteiger partial charge in [-0.05, 0) is 46.3 Å². The van der Waals surface area contributed by atoms with Gasteiger partial charge in [-0.1, -0.05) is 0 Å². The number of ether oxygens (including phenoxy) is 2. The van der Waals surface area contributed by atoms with E-state index in [1.165, 1.54) is 0 Å². The number of benzene rings is 1. The topological polar surface area (TPSA) is 48.4 Å². The van der Waals surface area contributed by atoms with E-state index in [0.717, 1.165) is 4.47 Å². The molecule has 1 aromatic carbocycles. The molecule has 0 atom stereocenters. The van der Waals surface area contributed by atoms with E-state index >= 15 is 0 Å².